The van der Waals surface area contributed by atoms with E-state index in [2.05, 4.69) is 4.98 Å². The summed E-state index contributed by atoms with van der Waals surface area (Å²) in [4.78, 5) is 25.9. The molecular weight excluding hydrogens is 274 g/mol. The first-order valence-electron chi connectivity index (χ1n) is 6.08. The van der Waals surface area contributed by atoms with Gasteiger partial charge in [0.2, 0.25) is 5.88 Å². The molecule has 0 aliphatic rings. The quantitative estimate of drug-likeness (QED) is 0.819. The lowest BCUT2D eigenvalue weighted by atomic mass is 10.1. The topological polar surface area (TPSA) is 85.7 Å². The van der Waals surface area contributed by atoms with Crippen molar-refractivity contribution in [1.82, 2.24) is 4.98 Å². The minimum absolute atomic E-state index is 0.135. The molecule has 0 unspecified atom stereocenters. The van der Waals surface area contributed by atoms with Crippen molar-refractivity contribution in [2.45, 2.75) is 6.61 Å². The van der Waals surface area contributed by atoms with Gasteiger partial charge >= 0.3 is 5.97 Å². The Bertz CT molecular complexity index is 669. The van der Waals surface area contributed by atoms with E-state index in [4.69, 9.17) is 14.6 Å². The minimum Gasteiger partial charge on any atom is -0.487 e. The number of aromatic nitrogens is 1. The summed E-state index contributed by atoms with van der Waals surface area (Å²) in [5, 5.41) is 8.92. The molecule has 0 spiro atoms. The van der Waals surface area contributed by atoms with E-state index in [0.717, 1.165) is 0 Å². The monoisotopic (exact) mass is 287 g/mol. The smallest absolute Gasteiger partial charge is 0.335 e. The van der Waals surface area contributed by atoms with Gasteiger partial charge in [0, 0.05) is 6.07 Å². The van der Waals surface area contributed by atoms with Crippen molar-refractivity contribution in [2.75, 3.05) is 7.11 Å². The van der Waals surface area contributed by atoms with Gasteiger partial charge in [0.25, 0.3) is 0 Å². The number of aromatic carboxylic acids is 1. The van der Waals surface area contributed by atoms with Gasteiger partial charge in [-0.25, -0.2) is 9.78 Å². The van der Waals surface area contributed by atoms with Crippen LogP contribution in [0.3, 0.4) is 0 Å². The zero-order valence-corrected chi connectivity index (χ0v) is 11.3. The lowest BCUT2D eigenvalue weighted by Crippen LogP contribution is -2.02. The van der Waals surface area contributed by atoms with Gasteiger partial charge in [-0.1, -0.05) is 12.1 Å². The van der Waals surface area contributed by atoms with Crippen LogP contribution in [0.1, 0.15) is 26.3 Å². The third-order valence-corrected chi connectivity index (χ3v) is 2.78. The summed E-state index contributed by atoms with van der Waals surface area (Å²) in [7, 11) is 1.45. The molecular formula is C15H13NO5. The lowest BCUT2D eigenvalue weighted by molar-refractivity contribution is 0.0696. The first-order chi connectivity index (χ1) is 10.1. The summed E-state index contributed by atoms with van der Waals surface area (Å²) < 4.78 is 10.4. The minimum atomic E-state index is -1.00. The number of hydrogen-bond acceptors (Lipinski definition) is 5. The molecule has 0 radical (unpaired) electrons. The van der Waals surface area contributed by atoms with E-state index in [0.29, 0.717) is 29.0 Å². The standard InChI is InChI=1S/C15H13NO5/c1-20-14-6-12(8-17)13(7-16-14)21-9-10-3-2-4-11(5-10)15(18)19/h2-8H,9H2,1H3,(H,18,19). The van der Waals surface area contributed by atoms with Crippen molar-refractivity contribution in [3.05, 3.63) is 53.2 Å². The second-order valence-corrected chi connectivity index (χ2v) is 4.18. The molecule has 0 aliphatic heterocycles. The molecule has 1 N–H and O–H groups in total. The SMILES string of the molecule is COc1cc(C=O)c(OCc2cccc(C(=O)O)c2)cn1. The number of benzene rings is 1. The van der Waals surface area contributed by atoms with Crippen LogP contribution in [0.4, 0.5) is 0 Å². The average Bonchev–Trinajstić information content (AvgIpc) is 2.53. The van der Waals surface area contributed by atoms with E-state index in [1.165, 1.54) is 31.5 Å². The Morgan fingerprint density at radius 1 is 1.38 bits per heavy atom. The molecule has 2 aromatic rings. The van der Waals surface area contributed by atoms with Gasteiger partial charge in [-0.3, -0.25) is 4.79 Å². The first-order valence-corrected chi connectivity index (χ1v) is 6.08. The Morgan fingerprint density at radius 2 is 2.19 bits per heavy atom. The predicted octanol–water partition coefficient (Wildman–Crippen LogP) is 2.18. The highest BCUT2D eigenvalue weighted by atomic mass is 16.5. The number of ether oxygens (including phenoxy) is 2. The molecule has 21 heavy (non-hydrogen) atoms. The summed E-state index contributed by atoms with van der Waals surface area (Å²) in [5.41, 5.74) is 1.18. The fourth-order valence-corrected chi connectivity index (χ4v) is 1.72. The van der Waals surface area contributed by atoms with Crippen molar-refractivity contribution in [1.29, 1.82) is 0 Å². The van der Waals surface area contributed by atoms with Crippen molar-refractivity contribution < 1.29 is 24.2 Å². The molecule has 0 bridgehead atoms. The number of nitrogens with zero attached hydrogens (tertiary/aromatic N) is 1. The van der Waals surface area contributed by atoms with Crippen LogP contribution in [-0.2, 0) is 6.61 Å². The zero-order chi connectivity index (χ0) is 15.2. The van der Waals surface area contributed by atoms with Crippen LogP contribution in [0.2, 0.25) is 0 Å². The number of methoxy groups -OCH3 is 1. The lowest BCUT2D eigenvalue weighted by Gasteiger charge is -2.09. The number of carbonyl (C=O) groups is 2. The number of rotatable bonds is 6. The molecule has 1 aromatic carbocycles. The van der Waals surface area contributed by atoms with Crippen LogP contribution in [-0.4, -0.2) is 29.5 Å². The van der Waals surface area contributed by atoms with E-state index in [-0.39, 0.29) is 12.2 Å². The number of carboxylic acids is 1. The Balaban J connectivity index is 2.14. The molecule has 0 aliphatic carbocycles. The van der Waals surface area contributed by atoms with E-state index in [1.54, 1.807) is 12.1 Å². The summed E-state index contributed by atoms with van der Waals surface area (Å²) in [6, 6.07) is 7.85. The van der Waals surface area contributed by atoms with Crippen LogP contribution in [0.25, 0.3) is 0 Å². The molecule has 0 amide bonds. The van der Waals surface area contributed by atoms with Crippen LogP contribution >= 0.6 is 0 Å². The van der Waals surface area contributed by atoms with Gasteiger partial charge in [-0.15, -0.1) is 0 Å². The van der Waals surface area contributed by atoms with Crippen LogP contribution in [0, 0.1) is 0 Å². The highest BCUT2D eigenvalue weighted by Gasteiger charge is 2.08. The number of aldehydes is 1. The Hall–Kier alpha value is -2.89. The van der Waals surface area contributed by atoms with Gasteiger partial charge in [-0.05, 0) is 17.7 Å². The van der Waals surface area contributed by atoms with Crippen LogP contribution < -0.4 is 9.47 Å². The fourth-order valence-electron chi connectivity index (χ4n) is 1.72. The Morgan fingerprint density at radius 3 is 2.86 bits per heavy atom. The van der Waals surface area contributed by atoms with Gasteiger partial charge in [0.05, 0.1) is 24.4 Å². The summed E-state index contributed by atoms with van der Waals surface area (Å²) in [6.07, 6.45) is 2.04. The maximum atomic E-state index is 11.0. The van der Waals surface area contributed by atoms with E-state index >= 15 is 0 Å². The number of carboxylic acid groups (broad SMARTS) is 1. The van der Waals surface area contributed by atoms with Gasteiger partial charge in [0.15, 0.2) is 6.29 Å². The average molecular weight is 287 g/mol. The summed E-state index contributed by atoms with van der Waals surface area (Å²) in [6.45, 7) is 0.135. The van der Waals surface area contributed by atoms with Crippen molar-refractivity contribution in [3.8, 4) is 11.6 Å². The predicted molar refractivity (Wildman–Crippen MR) is 73.9 cm³/mol. The second-order valence-electron chi connectivity index (χ2n) is 4.18. The number of pyridine rings is 1. The highest BCUT2D eigenvalue weighted by molar-refractivity contribution is 5.87. The Labute approximate surface area is 121 Å². The fraction of sp³-hybridized carbons (Fsp3) is 0.133. The molecule has 0 saturated carbocycles. The molecule has 0 fully saturated rings. The molecule has 0 atom stereocenters. The summed E-state index contributed by atoms with van der Waals surface area (Å²) in [5.74, 6) is -0.375. The Kier molecular flexibility index (Phi) is 4.50. The number of carbonyl (C=O) groups excluding carboxylic acids is 1. The molecule has 1 aromatic heterocycles. The largest absolute Gasteiger partial charge is 0.487 e. The van der Waals surface area contributed by atoms with Gasteiger partial charge < -0.3 is 14.6 Å². The normalized spacial score (nSPS) is 9.95. The molecule has 1 heterocycles. The maximum absolute atomic E-state index is 11.0. The first kappa shape index (κ1) is 14.5. The van der Waals surface area contributed by atoms with E-state index < -0.39 is 5.97 Å². The second kappa shape index (κ2) is 6.51. The molecule has 108 valence electrons. The molecule has 6 nitrogen and oxygen atoms in total. The van der Waals surface area contributed by atoms with Crippen LogP contribution in [0.15, 0.2) is 36.5 Å². The highest BCUT2D eigenvalue weighted by Crippen LogP contribution is 2.21. The number of hydrogen-bond donors (Lipinski definition) is 1. The summed E-state index contributed by atoms with van der Waals surface area (Å²) >= 11 is 0. The van der Waals surface area contributed by atoms with Gasteiger partial charge in [-0.2, -0.15) is 0 Å². The molecule has 0 saturated heterocycles. The molecule has 6 heteroatoms. The zero-order valence-electron chi connectivity index (χ0n) is 11.3. The third kappa shape index (κ3) is 3.56. The van der Waals surface area contributed by atoms with E-state index in [9.17, 15) is 9.59 Å². The maximum Gasteiger partial charge on any atom is 0.335 e. The van der Waals surface area contributed by atoms with Crippen molar-refractivity contribution >= 4 is 12.3 Å². The molecule has 2 rings (SSSR count). The van der Waals surface area contributed by atoms with Crippen LogP contribution in [0.5, 0.6) is 11.6 Å². The van der Waals surface area contributed by atoms with Crippen molar-refractivity contribution in [2.24, 2.45) is 0 Å². The van der Waals surface area contributed by atoms with Crippen molar-refractivity contribution in [3.63, 3.8) is 0 Å². The van der Waals surface area contributed by atoms with Gasteiger partial charge in [0.1, 0.15) is 12.4 Å². The van der Waals surface area contributed by atoms with E-state index in [1.807, 2.05) is 0 Å². The third-order valence-electron chi connectivity index (χ3n) is 2.78.